The third-order valence-corrected chi connectivity index (χ3v) is 2.59. The summed E-state index contributed by atoms with van der Waals surface area (Å²) in [5.74, 6) is 0.0326. The number of benzene rings is 1. The van der Waals surface area contributed by atoms with E-state index < -0.39 is 0 Å². The molecule has 3 rings (SSSR count). The minimum atomic E-state index is -0.348. The zero-order valence-electron chi connectivity index (χ0n) is 9.51. The third kappa shape index (κ3) is 1.86. The molecule has 0 spiro atoms. The lowest BCUT2D eigenvalue weighted by molar-refractivity contribution is 0.600. The van der Waals surface area contributed by atoms with Crippen molar-refractivity contribution in [3.05, 3.63) is 36.5 Å². The summed E-state index contributed by atoms with van der Waals surface area (Å²) in [4.78, 5) is 8.44. The van der Waals surface area contributed by atoms with Gasteiger partial charge in [-0.05, 0) is 12.1 Å². The van der Waals surface area contributed by atoms with Crippen LogP contribution in [0, 0.1) is 5.82 Å². The molecule has 1 aromatic carbocycles. The van der Waals surface area contributed by atoms with E-state index in [1.807, 2.05) is 4.57 Å². The fraction of sp³-hybridized carbons (Fsp3) is 0.167. The third-order valence-electron chi connectivity index (χ3n) is 2.59. The molecule has 0 atom stereocenters. The van der Waals surface area contributed by atoms with Gasteiger partial charge in [0.25, 0.3) is 0 Å². The van der Waals surface area contributed by atoms with Crippen LogP contribution < -0.4 is 5.73 Å². The highest BCUT2D eigenvalue weighted by atomic mass is 19.1. The van der Waals surface area contributed by atoms with Crippen LogP contribution in [0.1, 0.15) is 0 Å². The monoisotopic (exact) mass is 246 g/mol. The van der Waals surface area contributed by atoms with E-state index in [1.54, 1.807) is 18.6 Å². The van der Waals surface area contributed by atoms with Gasteiger partial charge in [0.2, 0.25) is 5.89 Å². The van der Waals surface area contributed by atoms with Crippen LogP contribution in [-0.4, -0.2) is 21.1 Å². The van der Waals surface area contributed by atoms with E-state index >= 15 is 0 Å². The minimum Gasteiger partial charge on any atom is -0.435 e. The molecule has 0 fully saturated rings. The molecule has 0 saturated heterocycles. The summed E-state index contributed by atoms with van der Waals surface area (Å²) < 4.78 is 20.4. The largest absolute Gasteiger partial charge is 0.435 e. The highest BCUT2D eigenvalue weighted by Gasteiger charge is 2.11. The number of hydrogen-bond donors (Lipinski definition) is 1. The number of nitrogens with two attached hydrogens (primary N) is 1. The molecule has 6 heteroatoms. The molecule has 0 aliphatic carbocycles. The minimum absolute atomic E-state index is 0.348. The van der Waals surface area contributed by atoms with Gasteiger partial charge < -0.3 is 14.7 Å². The Morgan fingerprint density at radius 2 is 2.28 bits per heavy atom. The second kappa shape index (κ2) is 4.23. The van der Waals surface area contributed by atoms with Crippen LogP contribution in [0.3, 0.4) is 0 Å². The van der Waals surface area contributed by atoms with Gasteiger partial charge in [0.1, 0.15) is 17.0 Å². The van der Waals surface area contributed by atoms with Crippen molar-refractivity contribution < 1.29 is 8.81 Å². The predicted octanol–water partition coefficient (Wildman–Crippen LogP) is 1.79. The van der Waals surface area contributed by atoms with Crippen molar-refractivity contribution in [2.45, 2.75) is 6.54 Å². The number of fused-ring (bicyclic) bond motifs is 1. The summed E-state index contributed by atoms with van der Waals surface area (Å²) in [6.45, 7) is 1.22. The zero-order valence-corrected chi connectivity index (χ0v) is 9.51. The molecule has 3 aromatic rings. The Labute approximate surface area is 102 Å². The summed E-state index contributed by atoms with van der Waals surface area (Å²) in [7, 11) is 0. The highest BCUT2D eigenvalue weighted by Crippen LogP contribution is 2.23. The van der Waals surface area contributed by atoms with Gasteiger partial charge in [-0.25, -0.2) is 14.4 Å². The van der Waals surface area contributed by atoms with Gasteiger partial charge >= 0.3 is 0 Å². The number of halogens is 1. The molecular formula is C12H11FN4O. The fourth-order valence-corrected chi connectivity index (χ4v) is 1.75. The Bertz CT molecular complexity index is 688. The van der Waals surface area contributed by atoms with Gasteiger partial charge in [-0.3, -0.25) is 0 Å². The van der Waals surface area contributed by atoms with Crippen LogP contribution in [0.4, 0.5) is 4.39 Å². The van der Waals surface area contributed by atoms with Crippen molar-refractivity contribution in [2.24, 2.45) is 5.73 Å². The molecule has 0 bridgehead atoms. The molecular weight excluding hydrogens is 235 g/mol. The molecule has 2 N–H and O–H groups in total. The summed E-state index contributed by atoms with van der Waals surface area (Å²) in [6.07, 6.45) is 3.46. The maximum Gasteiger partial charge on any atom is 0.247 e. The Morgan fingerprint density at radius 3 is 3.11 bits per heavy atom. The standard InChI is InChI=1S/C12H11FN4O/c13-8-1-2-9-11(5-8)18-12(16-9)10-6-17(4-3-14)7-15-10/h1-2,5-7H,3-4,14H2. The fourth-order valence-electron chi connectivity index (χ4n) is 1.75. The highest BCUT2D eigenvalue weighted by molar-refractivity contribution is 5.75. The van der Waals surface area contributed by atoms with Gasteiger partial charge in [0, 0.05) is 25.4 Å². The number of rotatable bonds is 3. The van der Waals surface area contributed by atoms with E-state index in [1.165, 1.54) is 12.1 Å². The first-order valence-electron chi connectivity index (χ1n) is 5.54. The lowest BCUT2D eigenvalue weighted by Gasteiger charge is -1.94. The Hall–Kier alpha value is -2.21. The van der Waals surface area contributed by atoms with Gasteiger partial charge in [-0.2, -0.15) is 0 Å². The molecule has 5 nitrogen and oxygen atoms in total. The lowest BCUT2D eigenvalue weighted by Crippen LogP contribution is -2.07. The van der Waals surface area contributed by atoms with Gasteiger partial charge in [0.05, 0.1) is 6.33 Å². The molecule has 2 heterocycles. The van der Waals surface area contributed by atoms with Gasteiger partial charge in [-0.15, -0.1) is 0 Å². The lowest BCUT2D eigenvalue weighted by atomic mass is 10.3. The normalized spacial score (nSPS) is 11.2. The zero-order chi connectivity index (χ0) is 12.5. The van der Waals surface area contributed by atoms with E-state index in [-0.39, 0.29) is 5.82 Å². The number of oxazole rings is 1. The van der Waals surface area contributed by atoms with Crippen LogP contribution in [0.2, 0.25) is 0 Å². The molecule has 0 aliphatic rings. The summed E-state index contributed by atoms with van der Waals surface area (Å²) in [5, 5.41) is 0. The average molecular weight is 246 g/mol. The average Bonchev–Trinajstić information content (AvgIpc) is 2.94. The number of imidazole rings is 1. The quantitative estimate of drug-likeness (QED) is 0.764. The van der Waals surface area contributed by atoms with Crippen LogP contribution in [0.15, 0.2) is 35.1 Å². The number of nitrogens with zero attached hydrogens (tertiary/aromatic N) is 3. The molecule has 0 radical (unpaired) electrons. The van der Waals surface area contributed by atoms with E-state index in [0.29, 0.717) is 35.8 Å². The number of hydrogen-bond acceptors (Lipinski definition) is 4. The van der Waals surface area contributed by atoms with Crippen LogP contribution in [-0.2, 0) is 6.54 Å². The van der Waals surface area contributed by atoms with Crippen molar-refractivity contribution in [2.75, 3.05) is 6.54 Å². The van der Waals surface area contributed by atoms with Crippen LogP contribution in [0.25, 0.3) is 22.7 Å². The second-order valence-electron chi connectivity index (χ2n) is 3.92. The SMILES string of the molecule is NCCn1cnc(-c2nc3ccc(F)cc3o2)c1. The van der Waals surface area contributed by atoms with E-state index in [0.717, 1.165) is 0 Å². The van der Waals surface area contributed by atoms with E-state index in [9.17, 15) is 4.39 Å². The predicted molar refractivity (Wildman–Crippen MR) is 64.2 cm³/mol. The van der Waals surface area contributed by atoms with Gasteiger partial charge in [-0.1, -0.05) is 0 Å². The van der Waals surface area contributed by atoms with Gasteiger partial charge in [0.15, 0.2) is 5.58 Å². The Kier molecular flexibility index (Phi) is 2.56. The first-order valence-corrected chi connectivity index (χ1v) is 5.54. The van der Waals surface area contributed by atoms with Crippen LogP contribution in [0.5, 0.6) is 0 Å². The molecule has 18 heavy (non-hydrogen) atoms. The van der Waals surface area contributed by atoms with Crippen molar-refractivity contribution in [3.8, 4) is 11.6 Å². The second-order valence-corrected chi connectivity index (χ2v) is 3.92. The van der Waals surface area contributed by atoms with Crippen molar-refractivity contribution in [3.63, 3.8) is 0 Å². The summed E-state index contributed by atoms with van der Waals surface area (Å²) in [6, 6.07) is 4.24. The first-order chi connectivity index (χ1) is 8.76. The smallest absolute Gasteiger partial charge is 0.247 e. The Balaban J connectivity index is 2.02. The molecule has 0 saturated carbocycles. The maximum absolute atomic E-state index is 13.0. The Morgan fingerprint density at radius 1 is 1.39 bits per heavy atom. The van der Waals surface area contributed by atoms with Crippen LogP contribution >= 0.6 is 0 Å². The van der Waals surface area contributed by atoms with Crippen molar-refractivity contribution in [1.29, 1.82) is 0 Å². The topological polar surface area (TPSA) is 69.9 Å². The maximum atomic E-state index is 13.0. The molecule has 0 amide bonds. The van der Waals surface area contributed by atoms with Crippen molar-refractivity contribution >= 4 is 11.1 Å². The van der Waals surface area contributed by atoms with E-state index in [2.05, 4.69) is 9.97 Å². The van der Waals surface area contributed by atoms with Crippen molar-refractivity contribution in [1.82, 2.24) is 14.5 Å². The molecule has 92 valence electrons. The molecule has 0 unspecified atom stereocenters. The summed E-state index contributed by atoms with van der Waals surface area (Å²) >= 11 is 0. The van der Waals surface area contributed by atoms with E-state index in [4.69, 9.17) is 10.2 Å². The molecule has 0 aliphatic heterocycles. The first kappa shape index (κ1) is 10.9. The summed E-state index contributed by atoms with van der Waals surface area (Å²) in [5.41, 5.74) is 7.09. The molecule has 2 aromatic heterocycles. The number of aromatic nitrogens is 3.